The van der Waals surface area contributed by atoms with E-state index >= 15 is 0 Å². The molecule has 1 aliphatic rings. The molecule has 1 aliphatic carbocycles. The molecule has 0 aromatic carbocycles. The molecule has 2 aromatic heterocycles. The molecular weight excluding hydrogens is 224 g/mol. The minimum atomic E-state index is 0.575. The topological polar surface area (TPSA) is 77.8 Å². The maximum atomic E-state index is 5.55. The smallest absolute Gasteiger partial charge is 0.232 e. The van der Waals surface area contributed by atoms with Gasteiger partial charge in [0.15, 0.2) is 11.0 Å². The molecular formula is C10H12N4OS. The summed E-state index contributed by atoms with van der Waals surface area (Å²) in [5.74, 6) is 2.22. The lowest BCUT2D eigenvalue weighted by atomic mass is 10.3. The van der Waals surface area contributed by atoms with Crippen LogP contribution in [0.3, 0.4) is 0 Å². The molecule has 6 heteroatoms. The number of nitrogens with two attached hydrogens (primary N) is 1. The maximum absolute atomic E-state index is 5.55. The fourth-order valence-electron chi connectivity index (χ4n) is 1.58. The summed E-state index contributed by atoms with van der Waals surface area (Å²) in [4.78, 5) is 8.50. The number of hydrogen-bond donors (Lipinski definition) is 1. The Labute approximate surface area is 96.7 Å². The lowest BCUT2D eigenvalue weighted by Gasteiger charge is -1.88. The van der Waals surface area contributed by atoms with Crippen molar-refractivity contribution >= 4 is 16.5 Å². The number of nitrogen functional groups attached to an aromatic ring is 1. The van der Waals surface area contributed by atoms with Crippen LogP contribution in [0.4, 0.5) is 5.13 Å². The summed E-state index contributed by atoms with van der Waals surface area (Å²) >= 11 is 1.43. The maximum Gasteiger partial charge on any atom is 0.232 e. The van der Waals surface area contributed by atoms with Gasteiger partial charge in [0.25, 0.3) is 0 Å². The van der Waals surface area contributed by atoms with E-state index in [1.807, 2.05) is 5.38 Å². The zero-order chi connectivity index (χ0) is 11.0. The monoisotopic (exact) mass is 236 g/mol. The van der Waals surface area contributed by atoms with E-state index < -0.39 is 0 Å². The van der Waals surface area contributed by atoms with Crippen molar-refractivity contribution in [3.05, 3.63) is 22.8 Å². The Bertz CT molecular complexity index is 488. The van der Waals surface area contributed by atoms with Gasteiger partial charge in [0.1, 0.15) is 0 Å². The largest absolute Gasteiger partial charge is 0.375 e. The highest BCUT2D eigenvalue weighted by Crippen LogP contribution is 2.31. The van der Waals surface area contributed by atoms with Gasteiger partial charge in [0.05, 0.1) is 12.1 Å². The fraction of sp³-hybridized carbons (Fsp3) is 0.500. The van der Waals surface area contributed by atoms with Gasteiger partial charge in [-0.2, -0.15) is 4.98 Å². The standard InChI is InChI=1S/C10H12N4OS/c11-10-12-7(5-16-10)4-9-13-8(14-15-9)3-6-1-2-6/h5-6H,1-4H2,(H2,11,12). The van der Waals surface area contributed by atoms with E-state index in [1.165, 1.54) is 24.2 Å². The minimum absolute atomic E-state index is 0.575. The second-order valence-corrected chi connectivity index (χ2v) is 5.00. The Morgan fingerprint density at radius 2 is 2.31 bits per heavy atom. The van der Waals surface area contributed by atoms with E-state index in [0.29, 0.717) is 17.4 Å². The van der Waals surface area contributed by atoms with Gasteiger partial charge in [-0.25, -0.2) is 4.98 Å². The molecule has 0 radical (unpaired) electrons. The number of anilines is 1. The SMILES string of the molecule is Nc1nc(Cc2nc(CC3CC3)no2)cs1. The fourth-order valence-corrected chi connectivity index (χ4v) is 2.15. The van der Waals surface area contributed by atoms with Crippen LogP contribution >= 0.6 is 11.3 Å². The van der Waals surface area contributed by atoms with Crippen molar-refractivity contribution in [3.63, 3.8) is 0 Å². The van der Waals surface area contributed by atoms with E-state index in [0.717, 1.165) is 23.9 Å². The molecule has 0 atom stereocenters. The summed E-state index contributed by atoms with van der Waals surface area (Å²) in [6, 6.07) is 0. The van der Waals surface area contributed by atoms with E-state index in [4.69, 9.17) is 10.3 Å². The summed E-state index contributed by atoms with van der Waals surface area (Å²) in [5, 5.41) is 6.45. The second kappa shape index (κ2) is 3.86. The van der Waals surface area contributed by atoms with Crippen molar-refractivity contribution in [2.24, 2.45) is 5.92 Å². The lowest BCUT2D eigenvalue weighted by Crippen LogP contribution is -1.92. The van der Waals surface area contributed by atoms with Crippen LogP contribution in [0, 0.1) is 5.92 Å². The molecule has 5 nitrogen and oxygen atoms in total. The zero-order valence-electron chi connectivity index (χ0n) is 8.72. The molecule has 0 saturated heterocycles. The zero-order valence-corrected chi connectivity index (χ0v) is 9.54. The van der Waals surface area contributed by atoms with Gasteiger partial charge in [0.2, 0.25) is 5.89 Å². The molecule has 2 heterocycles. The van der Waals surface area contributed by atoms with Crippen molar-refractivity contribution in [2.45, 2.75) is 25.7 Å². The first-order chi connectivity index (χ1) is 7.79. The Kier molecular flexibility index (Phi) is 2.36. The van der Waals surface area contributed by atoms with Crippen molar-refractivity contribution in [2.75, 3.05) is 5.73 Å². The van der Waals surface area contributed by atoms with Crippen LogP contribution in [0.15, 0.2) is 9.90 Å². The molecule has 16 heavy (non-hydrogen) atoms. The molecule has 0 bridgehead atoms. The van der Waals surface area contributed by atoms with E-state index in [2.05, 4.69) is 15.1 Å². The highest BCUT2D eigenvalue weighted by Gasteiger charge is 2.24. The van der Waals surface area contributed by atoms with Crippen molar-refractivity contribution in [1.29, 1.82) is 0 Å². The lowest BCUT2D eigenvalue weighted by molar-refractivity contribution is 0.378. The highest BCUT2D eigenvalue weighted by atomic mass is 32.1. The number of thiazole rings is 1. The summed E-state index contributed by atoms with van der Waals surface area (Å²) in [6.45, 7) is 0. The van der Waals surface area contributed by atoms with Gasteiger partial charge >= 0.3 is 0 Å². The van der Waals surface area contributed by atoms with Gasteiger partial charge in [0, 0.05) is 11.8 Å². The van der Waals surface area contributed by atoms with Crippen LogP contribution < -0.4 is 5.73 Å². The van der Waals surface area contributed by atoms with Crippen molar-refractivity contribution < 1.29 is 4.52 Å². The van der Waals surface area contributed by atoms with E-state index in [9.17, 15) is 0 Å². The Balaban J connectivity index is 1.67. The molecule has 0 spiro atoms. The summed E-state index contributed by atoms with van der Waals surface area (Å²) < 4.78 is 5.17. The van der Waals surface area contributed by atoms with Crippen molar-refractivity contribution in [3.8, 4) is 0 Å². The molecule has 1 saturated carbocycles. The first-order valence-electron chi connectivity index (χ1n) is 5.31. The van der Waals surface area contributed by atoms with Crippen LogP contribution in [0.25, 0.3) is 0 Å². The Morgan fingerprint density at radius 1 is 1.44 bits per heavy atom. The first-order valence-corrected chi connectivity index (χ1v) is 6.19. The summed E-state index contributed by atoms with van der Waals surface area (Å²) in [7, 11) is 0. The van der Waals surface area contributed by atoms with Crippen LogP contribution in [0.1, 0.15) is 30.3 Å². The predicted octanol–water partition coefficient (Wildman–Crippen LogP) is 1.65. The second-order valence-electron chi connectivity index (χ2n) is 4.11. The first kappa shape index (κ1) is 9.77. The predicted molar refractivity (Wildman–Crippen MR) is 60.1 cm³/mol. The molecule has 0 amide bonds. The van der Waals surface area contributed by atoms with Crippen LogP contribution in [0.5, 0.6) is 0 Å². The number of rotatable bonds is 4. The van der Waals surface area contributed by atoms with Gasteiger partial charge in [-0.1, -0.05) is 5.16 Å². The van der Waals surface area contributed by atoms with Crippen molar-refractivity contribution in [1.82, 2.24) is 15.1 Å². The third-order valence-corrected chi connectivity index (χ3v) is 3.30. The van der Waals surface area contributed by atoms with Crippen LogP contribution in [-0.2, 0) is 12.8 Å². The van der Waals surface area contributed by atoms with Crippen LogP contribution in [0.2, 0.25) is 0 Å². The molecule has 2 N–H and O–H groups in total. The average molecular weight is 236 g/mol. The summed E-state index contributed by atoms with van der Waals surface area (Å²) in [5.41, 5.74) is 6.45. The Morgan fingerprint density at radius 3 is 3.00 bits per heavy atom. The summed E-state index contributed by atoms with van der Waals surface area (Å²) in [6.07, 6.45) is 4.12. The van der Waals surface area contributed by atoms with Gasteiger partial charge in [-0.3, -0.25) is 0 Å². The van der Waals surface area contributed by atoms with E-state index in [1.54, 1.807) is 0 Å². The highest BCUT2D eigenvalue weighted by molar-refractivity contribution is 7.13. The minimum Gasteiger partial charge on any atom is -0.375 e. The average Bonchev–Trinajstić information content (AvgIpc) is 2.80. The van der Waals surface area contributed by atoms with Gasteiger partial charge in [-0.05, 0) is 18.8 Å². The normalized spacial score (nSPS) is 15.5. The number of aromatic nitrogens is 3. The molecule has 84 valence electrons. The Hall–Kier alpha value is -1.43. The molecule has 2 aromatic rings. The van der Waals surface area contributed by atoms with Gasteiger partial charge in [-0.15, -0.1) is 11.3 Å². The number of hydrogen-bond acceptors (Lipinski definition) is 6. The number of nitrogens with zero attached hydrogens (tertiary/aromatic N) is 3. The molecule has 1 fully saturated rings. The quantitative estimate of drug-likeness (QED) is 0.873. The molecule has 3 rings (SSSR count). The molecule has 0 unspecified atom stereocenters. The third kappa shape index (κ3) is 2.21. The van der Waals surface area contributed by atoms with Gasteiger partial charge < -0.3 is 10.3 Å². The third-order valence-electron chi connectivity index (χ3n) is 2.58. The van der Waals surface area contributed by atoms with Crippen LogP contribution in [-0.4, -0.2) is 15.1 Å². The van der Waals surface area contributed by atoms with E-state index in [-0.39, 0.29) is 0 Å². The molecule has 0 aliphatic heterocycles.